The molecule has 0 aliphatic heterocycles. The molecule has 146 valence electrons. The number of para-hydroxylation sites is 1. The van der Waals surface area contributed by atoms with Gasteiger partial charge in [0.25, 0.3) is 11.8 Å². The average molecular weight is 491 g/mol. The summed E-state index contributed by atoms with van der Waals surface area (Å²) in [6, 6.07) is 18.7. The van der Waals surface area contributed by atoms with E-state index in [9.17, 15) is 9.59 Å². The van der Waals surface area contributed by atoms with E-state index in [4.69, 9.17) is 23.2 Å². The number of hydrogen-bond donors (Lipinski definition) is 2. The van der Waals surface area contributed by atoms with Crippen LogP contribution in [0.5, 0.6) is 0 Å². The van der Waals surface area contributed by atoms with Crippen LogP contribution in [0.4, 0.5) is 5.69 Å². The van der Waals surface area contributed by atoms with Crippen LogP contribution in [-0.4, -0.2) is 18.0 Å². The van der Waals surface area contributed by atoms with Crippen LogP contribution in [0.25, 0.3) is 0 Å². The molecule has 0 heterocycles. The van der Waals surface area contributed by atoms with Gasteiger partial charge in [0.05, 0.1) is 33.1 Å². The molecule has 0 aromatic heterocycles. The Kier molecular flexibility index (Phi) is 7.04. The molecule has 29 heavy (non-hydrogen) atoms. The third-order valence-corrected chi connectivity index (χ3v) is 5.25. The van der Waals surface area contributed by atoms with Crippen LogP contribution < -0.4 is 10.7 Å². The molecule has 3 aromatic carbocycles. The number of amides is 2. The molecule has 0 aliphatic rings. The number of anilines is 1. The summed E-state index contributed by atoms with van der Waals surface area (Å²) in [6.07, 6.45) is 1.37. The van der Waals surface area contributed by atoms with Crippen molar-refractivity contribution in [2.45, 2.75) is 0 Å². The van der Waals surface area contributed by atoms with Crippen molar-refractivity contribution in [3.05, 3.63) is 97.9 Å². The normalized spacial score (nSPS) is 10.7. The molecular weight excluding hydrogens is 477 g/mol. The summed E-state index contributed by atoms with van der Waals surface area (Å²) in [4.78, 5) is 25.1. The van der Waals surface area contributed by atoms with Gasteiger partial charge in [-0.2, -0.15) is 5.10 Å². The van der Waals surface area contributed by atoms with Crippen LogP contribution in [0.3, 0.4) is 0 Å². The number of carbonyl (C=O) groups is 2. The molecule has 0 saturated heterocycles. The number of halogens is 3. The highest BCUT2D eigenvalue weighted by molar-refractivity contribution is 9.10. The first kappa shape index (κ1) is 21.0. The maximum Gasteiger partial charge on any atom is 0.273 e. The lowest BCUT2D eigenvalue weighted by molar-refractivity contribution is 0.0956. The summed E-state index contributed by atoms with van der Waals surface area (Å²) in [5, 5.41) is 7.50. The van der Waals surface area contributed by atoms with Crippen molar-refractivity contribution in [3.63, 3.8) is 0 Å². The van der Waals surface area contributed by atoms with Gasteiger partial charge in [-0.05, 0) is 52.3 Å². The van der Waals surface area contributed by atoms with Crippen LogP contribution in [0.1, 0.15) is 26.3 Å². The molecule has 3 aromatic rings. The van der Waals surface area contributed by atoms with Gasteiger partial charge in [0.1, 0.15) is 0 Å². The summed E-state index contributed by atoms with van der Waals surface area (Å²) in [7, 11) is 0. The Bertz CT molecular complexity index is 1080. The highest BCUT2D eigenvalue weighted by Gasteiger charge is 2.15. The smallest absolute Gasteiger partial charge is 0.273 e. The predicted molar refractivity (Wildman–Crippen MR) is 120 cm³/mol. The maximum absolute atomic E-state index is 12.6. The molecule has 0 spiro atoms. The minimum atomic E-state index is -0.493. The zero-order valence-corrected chi connectivity index (χ0v) is 17.9. The Morgan fingerprint density at radius 1 is 0.828 bits per heavy atom. The zero-order valence-electron chi connectivity index (χ0n) is 14.8. The van der Waals surface area contributed by atoms with E-state index in [2.05, 4.69) is 31.8 Å². The Hall–Kier alpha value is -2.67. The van der Waals surface area contributed by atoms with E-state index in [0.717, 1.165) is 0 Å². The first-order chi connectivity index (χ1) is 14.0. The lowest BCUT2D eigenvalue weighted by Gasteiger charge is -2.11. The highest BCUT2D eigenvalue weighted by Crippen LogP contribution is 2.22. The van der Waals surface area contributed by atoms with Crippen molar-refractivity contribution in [3.8, 4) is 0 Å². The van der Waals surface area contributed by atoms with Crippen molar-refractivity contribution in [1.29, 1.82) is 0 Å². The van der Waals surface area contributed by atoms with Crippen LogP contribution in [0.2, 0.25) is 10.0 Å². The fraction of sp³-hybridized carbons (Fsp3) is 0. The van der Waals surface area contributed by atoms with Crippen LogP contribution in [-0.2, 0) is 0 Å². The van der Waals surface area contributed by atoms with Crippen molar-refractivity contribution in [2.24, 2.45) is 5.10 Å². The van der Waals surface area contributed by atoms with Crippen molar-refractivity contribution in [2.75, 3.05) is 5.32 Å². The molecule has 2 amide bonds. The first-order valence-electron chi connectivity index (χ1n) is 8.39. The fourth-order valence-corrected chi connectivity index (χ4v) is 3.43. The minimum absolute atomic E-state index is 0.260. The second kappa shape index (κ2) is 9.69. The summed E-state index contributed by atoms with van der Waals surface area (Å²) in [5.74, 6) is -0.837. The van der Waals surface area contributed by atoms with Gasteiger partial charge in [0.15, 0.2) is 0 Å². The number of nitrogens with zero attached hydrogens (tertiary/aromatic N) is 1. The second-order valence-electron chi connectivity index (χ2n) is 5.81. The van der Waals surface area contributed by atoms with E-state index >= 15 is 0 Å². The van der Waals surface area contributed by atoms with Gasteiger partial charge in [0, 0.05) is 10.0 Å². The lowest BCUT2D eigenvalue weighted by Crippen LogP contribution is -2.21. The van der Waals surface area contributed by atoms with Gasteiger partial charge < -0.3 is 5.32 Å². The molecular formula is C21H14BrCl2N3O2. The first-order valence-corrected chi connectivity index (χ1v) is 9.94. The van der Waals surface area contributed by atoms with Crippen LogP contribution in [0, 0.1) is 0 Å². The van der Waals surface area contributed by atoms with Crippen molar-refractivity contribution in [1.82, 2.24) is 5.43 Å². The molecule has 3 rings (SSSR count). The maximum atomic E-state index is 12.6. The summed E-state index contributed by atoms with van der Waals surface area (Å²) >= 11 is 15.5. The van der Waals surface area contributed by atoms with E-state index in [-0.39, 0.29) is 11.5 Å². The molecule has 8 heteroatoms. The van der Waals surface area contributed by atoms with Gasteiger partial charge in [-0.3, -0.25) is 9.59 Å². The Balaban J connectivity index is 1.76. The highest BCUT2D eigenvalue weighted by atomic mass is 79.9. The van der Waals surface area contributed by atoms with Gasteiger partial charge >= 0.3 is 0 Å². The molecule has 0 unspecified atom stereocenters. The zero-order chi connectivity index (χ0) is 20.8. The largest absolute Gasteiger partial charge is 0.321 e. The van der Waals surface area contributed by atoms with Crippen molar-refractivity contribution >= 4 is 62.8 Å². The molecule has 0 radical (unpaired) electrons. The number of hydrogen-bond acceptors (Lipinski definition) is 3. The Morgan fingerprint density at radius 3 is 2.14 bits per heavy atom. The molecule has 0 aliphatic carbocycles. The van der Waals surface area contributed by atoms with Gasteiger partial charge in [-0.25, -0.2) is 5.43 Å². The number of carbonyl (C=O) groups excluding carboxylic acids is 2. The van der Waals surface area contributed by atoms with Gasteiger partial charge in [0.2, 0.25) is 0 Å². The topological polar surface area (TPSA) is 70.6 Å². The van der Waals surface area contributed by atoms with E-state index in [1.54, 1.807) is 60.7 Å². The second-order valence-corrected chi connectivity index (χ2v) is 7.48. The van der Waals surface area contributed by atoms with Crippen LogP contribution >= 0.6 is 39.1 Å². The number of hydrazone groups is 1. The fourth-order valence-electron chi connectivity index (χ4n) is 2.47. The Morgan fingerprint density at radius 2 is 1.45 bits per heavy atom. The molecule has 5 nitrogen and oxygen atoms in total. The molecule has 0 saturated carbocycles. The molecule has 2 N–H and O–H groups in total. The standard InChI is InChI=1S/C21H14BrCl2N3O2/c22-16-8-3-1-6-13(16)20(28)26-19-11-4-2-7-14(19)21(29)27-25-12-15-17(23)9-5-10-18(15)24/h1-12H,(H,26,28)(H,27,29). The summed E-state index contributed by atoms with van der Waals surface area (Å²) in [6.45, 7) is 0. The number of nitrogens with one attached hydrogen (secondary N) is 2. The number of benzene rings is 3. The molecule has 0 atom stereocenters. The summed E-state index contributed by atoms with van der Waals surface area (Å²) in [5.41, 5.74) is 3.98. The van der Waals surface area contributed by atoms with Gasteiger partial charge in [-0.1, -0.05) is 53.5 Å². The van der Waals surface area contributed by atoms with E-state index in [1.807, 2.05) is 6.07 Å². The predicted octanol–water partition coefficient (Wildman–Crippen LogP) is 5.77. The minimum Gasteiger partial charge on any atom is -0.321 e. The number of rotatable bonds is 5. The molecule has 0 bridgehead atoms. The van der Waals surface area contributed by atoms with Gasteiger partial charge in [-0.15, -0.1) is 0 Å². The van der Waals surface area contributed by atoms with E-state index < -0.39 is 5.91 Å². The summed E-state index contributed by atoms with van der Waals surface area (Å²) < 4.78 is 0.653. The average Bonchev–Trinajstić information content (AvgIpc) is 2.70. The molecule has 0 fully saturated rings. The lowest BCUT2D eigenvalue weighted by atomic mass is 10.1. The van der Waals surface area contributed by atoms with Crippen molar-refractivity contribution < 1.29 is 9.59 Å². The van der Waals surface area contributed by atoms with E-state index in [0.29, 0.717) is 31.3 Å². The van der Waals surface area contributed by atoms with Crippen LogP contribution in [0.15, 0.2) is 76.3 Å². The SMILES string of the molecule is O=C(Nc1ccccc1C(=O)NN=Cc1c(Cl)cccc1Cl)c1ccccc1Br. The third kappa shape index (κ3) is 5.23. The Labute approximate surface area is 185 Å². The quantitative estimate of drug-likeness (QED) is 0.352. The third-order valence-electron chi connectivity index (χ3n) is 3.90. The van der Waals surface area contributed by atoms with E-state index in [1.165, 1.54) is 6.21 Å². The monoisotopic (exact) mass is 489 g/mol.